The van der Waals surface area contributed by atoms with Crippen molar-refractivity contribution in [1.82, 2.24) is 15.5 Å². The average molecular weight is 396 g/mol. The van der Waals surface area contributed by atoms with Gasteiger partial charge in [-0.3, -0.25) is 0 Å². The van der Waals surface area contributed by atoms with E-state index in [9.17, 15) is 15.0 Å². The zero-order chi connectivity index (χ0) is 19.9. The van der Waals surface area contributed by atoms with Crippen molar-refractivity contribution in [2.75, 3.05) is 5.73 Å². The molecule has 3 aromatic rings. The van der Waals surface area contributed by atoms with E-state index in [4.69, 9.17) is 5.73 Å². The highest BCUT2D eigenvalue weighted by atomic mass is 32.1. The Kier molecular flexibility index (Phi) is 4.32. The van der Waals surface area contributed by atoms with Gasteiger partial charge in [-0.05, 0) is 40.9 Å². The molecule has 0 unspecified atom stereocenters. The van der Waals surface area contributed by atoms with Gasteiger partial charge >= 0.3 is 6.09 Å². The van der Waals surface area contributed by atoms with Gasteiger partial charge in [0.05, 0.1) is 11.1 Å². The second-order valence-electron chi connectivity index (χ2n) is 7.48. The molecule has 0 aliphatic heterocycles. The molecular weight excluding hydrogens is 376 g/mol. The molecule has 28 heavy (non-hydrogen) atoms. The van der Waals surface area contributed by atoms with E-state index in [1.165, 1.54) is 0 Å². The molecule has 8 heteroatoms. The SMILES string of the molecule is C[C@]1(O)C[C@](NC(=O)O)(c2ccc(-c3nnc(N)cc3-c3ccsc3)cc2)C1. The van der Waals surface area contributed by atoms with E-state index in [0.717, 1.165) is 22.3 Å². The lowest BCUT2D eigenvalue weighted by Gasteiger charge is -2.51. The van der Waals surface area contributed by atoms with Gasteiger partial charge in [-0.15, -0.1) is 10.2 Å². The Bertz CT molecular complexity index is 1010. The fourth-order valence-electron chi connectivity index (χ4n) is 4.02. The maximum atomic E-state index is 11.3. The Balaban J connectivity index is 1.71. The van der Waals surface area contributed by atoms with Crippen LogP contribution in [-0.2, 0) is 5.54 Å². The molecule has 5 N–H and O–H groups in total. The lowest BCUT2D eigenvalue weighted by Crippen LogP contribution is -2.61. The largest absolute Gasteiger partial charge is 0.465 e. The molecule has 0 radical (unpaired) electrons. The van der Waals surface area contributed by atoms with Crippen molar-refractivity contribution >= 4 is 23.2 Å². The van der Waals surface area contributed by atoms with Crippen LogP contribution in [0.5, 0.6) is 0 Å². The number of nitrogens with zero attached hydrogens (tertiary/aromatic N) is 2. The summed E-state index contributed by atoms with van der Waals surface area (Å²) in [6, 6.07) is 11.3. The first-order chi connectivity index (χ1) is 13.3. The third-order valence-corrected chi connectivity index (χ3v) is 5.75. The summed E-state index contributed by atoms with van der Waals surface area (Å²) in [7, 11) is 0. The first-order valence-corrected chi connectivity index (χ1v) is 9.73. The number of carboxylic acid groups (broad SMARTS) is 1. The van der Waals surface area contributed by atoms with Crippen LogP contribution in [0.4, 0.5) is 10.6 Å². The molecular formula is C20H20N4O3S. The van der Waals surface area contributed by atoms with E-state index in [1.807, 2.05) is 41.1 Å². The molecule has 1 fully saturated rings. The van der Waals surface area contributed by atoms with Gasteiger partial charge in [0, 0.05) is 24.0 Å². The molecule has 0 atom stereocenters. The summed E-state index contributed by atoms with van der Waals surface area (Å²) in [5, 5.41) is 34.3. The van der Waals surface area contributed by atoms with Crippen LogP contribution >= 0.6 is 11.3 Å². The van der Waals surface area contributed by atoms with E-state index in [2.05, 4.69) is 15.5 Å². The third-order valence-electron chi connectivity index (χ3n) is 5.07. The monoisotopic (exact) mass is 396 g/mol. The second-order valence-corrected chi connectivity index (χ2v) is 8.26. The summed E-state index contributed by atoms with van der Waals surface area (Å²) in [4.78, 5) is 11.3. The highest BCUT2D eigenvalue weighted by Gasteiger charge is 2.53. The topological polar surface area (TPSA) is 121 Å². The van der Waals surface area contributed by atoms with Crippen LogP contribution < -0.4 is 11.1 Å². The molecule has 7 nitrogen and oxygen atoms in total. The molecule has 2 heterocycles. The number of anilines is 1. The summed E-state index contributed by atoms with van der Waals surface area (Å²) in [5.41, 5.74) is 8.46. The van der Waals surface area contributed by atoms with Gasteiger partial charge < -0.3 is 21.3 Å². The van der Waals surface area contributed by atoms with Gasteiger partial charge in [-0.2, -0.15) is 11.3 Å². The van der Waals surface area contributed by atoms with Crippen LogP contribution in [0.3, 0.4) is 0 Å². The minimum atomic E-state index is -1.11. The number of nitrogens with two attached hydrogens (primary N) is 1. The van der Waals surface area contributed by atoms with Crippen LogP contribution in [0.25, 0.3) is 22.4 Å². The zero-order valence-corrected chi connectivity index (χ0v) is 16.0. The van der Waals surface area contributed by atoms with Crippen molar-refractivity contribution in [1.29, 1.82) is 0 Å². The van der Waals surface area contributed by atoms with Gasteiger partial charge in [0.1, 0.15) is 11.5 Å². The van der Waals surface area contributed by atoms with Crippen LogP contribution in [0.15, 0.2) is 47.2 Å². The first kappa shape index (κ1) is 18.4. The highest BCUT2D eigenvalue weighted by Crippen LogP contribution is 2.48. The standard InChI is InChI=1S/C20H20N4O3S/c1-19(27)10-20(11-19,22-18(25)26)14-4-2-12(3-5-14)17-15(8-16(21)23-24-17)13-6-7-28-9-13/h2-9,22,27H,10-11H2,1H3,(H2,21,23)(H,25,26)/t19-,20+. The van der Waals surface area contributed by atoms with Crippen LogP contribution in [0.1, 0.15) is 25.3 Å². The fourth-order valence-corrected chi connectivity index (χ4v) is 4.68. The summed E-state index contributed by atoms with van der Waals surface area (Å²) < 4.78 is 0. The Morgan fingerprint density at radius 2 is 1.89 bits per heavy atom. The number of nitrogens with one attached hydrogen (secondary N) is 1. The first-order valence-electron chi connectivity index (χ1n) is 8.78. The summed E-state index contributed by atoms with van der Waals surface area (Å²) in [5.74, 6) is 0.350. The molecule has 4 rings (SSSR count). The summed E-state index contributed by atoms with van der Waals surface area (Å²) in [6.45, 7) is 1.71. The zero-order valence-electron chi connectivity index (χ0n) is 15.2. The number of thiophene rings is 1. The van der Waals surface area contributed by atoms with E-state index < -0.39 is 17.2 Å². The van der Waals surface area contributed by atoms with Crippen LogP contribution in [-0.4, -0.2) is 32.1 Å². The van der Waals surface area contributed by atoms with Gasteiger partial charge in [0.2, 0.25) is 0 Å². The molecule has 0 bridgehead atoms. The highest BCUT2D eigenvalue weighted by molar-refractivity contribution is 7.08. The molecule has 144 valence electrons. The maximum Gasteiger partial charge on any atom is 0.405 e. The Morgan fingerprint density at radius 3 is 2.46 bits per heavy atom. The van der Waals surface area contributed by atoms with Crippen molar-refractivity contribution in [3.05, 3.63) is 52.7 Å². The Morgan fingerprint density at radius 1 is 1.18 bits per heavy atom. The lowest BCUT2D eigenvalue weighted by molar-refractivity contribution is -0.0858. The van der Waals surface area contributed by atoms with E-state index in [0.29, 0.717) is 24.4 Å². The van der Waals surface area contributed by atoms with E-state index in [-0.39, 0.29) is 0 Å². The number of aromatic nitrogens is 2. The normalized spacial score (nSPS) is 23.8. The van der Waals surface area contributed by atoms with Gasteiger partial charge in [-0.1, -0.05) is 24.3 Å². The average Bonchev–Trinajstić information content (AvgIpc) is 3.14. The number of rotatable bonds is 4. The van der Waals surface area contributed by atoms with Crippen molar-refractivity contribution < 1.29 is 15.0 Å². The molecule has 1 aliphatic rings. The molecule has 1 amide bonds. The number of nitrogen functional groups attached to an aromatic ring is 1. The molecule has 1 aliphatic carbocycles. The Hall–Kier alpha value is -2.97. The van der Waals surface area contributed by atoms with Gasteiger partial charge in [-0.25, -0.2) is 4.79 Å². The molecule has 1 saturated carbocycles. The van der Waals surface area contributed by atoms with E-state index >= 15 is 0 Å². The van der Waals surface area contributed by atoms with Gasteiger partial charge in [0.15, 0.2) is 0 Å². The maximum absolute atomic E-state index is 11.3. The van der Waals surface area contributed by atoms with Crippen molar-refractivity contribution in [2.45, 2.75) is 30.9 Å². The van der Waals surface area contributed by atoms with E-state index in [1.54, 1.807) is 24.3 Å². The Labute approximate surface area is 165 Å². The van der Waals surface area contributed by atoms with Crippen molar-refractivity contribution in [3.63, 3.8) is 0 Å². The van der Waals surface area contributed by atoms with Crippen molar-refractivity contribution in [3.8, 4) is 22.4 Å². The van der Waals surface area contributed by atoms with Crippen LogP contribution in [0.2, 0.25) is 0 Å². The number of hydrogen-bond donors (Lipinski definition) is 4. The molecule has 0 saturated heterocycles. The number of hydrogen-bond acceptors (Lipinski definition) is 6. The number of amides is 1. The smallest absolute Gasteiger partial charge is 0.405 e. The predicted octanol–water partition coefficient (Wildman–Crippen LogP) is 3.46. The molecule has 0 spiro atoms. The summed E-state index contributed by atoms with van der Waals surface area (Å²) in [6.07, 6.45) is -0.454. The lowest BCUT2D eigenvalue weighted by atomic mass is 9.62. The number of benzene rings is 1. The minimum absolute atomic E-state index is 0.327. The number of carbonyl (C=O) groups is 1. The second kappa shape index (κ2) is 6.57. The van der Waals surface area contributed by atoms with Crippen molar-refractivity contribution in [2.24, 2.45) is 0 Å². The quantitative estimate of drug-likeness (QED) is 0.536. The van der Waals surface area contributed by atoms with Crippen LogP contribution in [0, 0.1) is 0 Å². The molecule has 1 aromatic carbocycles. The fraction of sp³-hybridized carbons (Fsp3) is 0.250. The molecule has 2 aromatic heterocycles. The summed E-state index contributed by atoms with van der Waals surface area (Å²) >= 11 is 1.59. The predicted molar refractivity (Wildman–Crippen MR) is 108 cm³/mol. The van der Waals surface area contributed by atoms with Gasteiger partial charge in [0.25, 0.3) is 0 Å². The third kappa shape index (κ3) is 3.32. The minimum Gasteiger partial charge on any atom is -0.465 e. The number of aliphatic hydroxyl groups is 1.